The van der Waals surface area contributed by atoms with Crippen molar-refractivity contribution in [3.8, 4) is 0 Å². The minimum absolute atomic E-state index is 0.110. The van der Waals surface area contributed by atoms with Crippen LogP contribution in [-0.4, -0.2) is 42.6 Å². The predicted octanol–water partition coefficient (Wildman–Crippen LogP) is 4.10. The number of halogens is 1. The molecule has 2 aliphatic rings. The number of carbonyl (C=O) groups is 2. The first-order chi connectivity index (χ1) is 13.9. The first-order valence-electron chi connectivity index (χ1n) is 10.5. The van der Waals surface area contributed by atoms with Crippen molar-refractivity contribution in [2.45, 2.75) is 64.6 Å². The van der Waals surface area contributed by atoms with E-state index < -0.39 is 6.04 Å². The Morgan fingerprint density at radius 2 is 1.93 bits per heavy atom. The van der Waals surface area contributed by atoms with Crippen LogP contribution < -0.4 is 5.32 Å². The van der Waals surface area contributed by atoms with Gasteiger partial charge in [-0.3, -0.25) is 14.9 Å². The second kappa shape index (κ2) is 9.77. The Kier molecular flexibility index (Phi) is 7.36. The highest BCUT2D eigenvalue weighted by molar-refractivity contribution is 6.30. The third-order valence-electron chi connectivity index (χ3n) is 5.78. The molecule has 0 radical (unpaired) electrons. The molecule has 29 heavy (non-hydrogen) atoms. The number of carbonyl (C=O) groups excluding carboxylic acids is 2. The molecule has 0 aromatic heterocycles. The average Bonchev–Trinajstić information content (AvgIpc) is 2.98. The van der Waals surface area contributed by atoms with Crippen LogP contribution in [0.5, 0.6) is 0 Å². The number of methoxy groups -OCH3 is 1. The quantitative estimate of drug-likeness (QED) is 0.646. The number of nitrogens with zero attached hydrogens (tertiary/aromatic N) is 1. The fourth-order valence-electron chi connectivity index (χ4n) is 4.31. The van der Waals surface area contributed by atoms with E-state index in [0.717, 1.165) is 48.8 Å². The largest absolute Gasteiger partial charge is 0.468 e. The van der Waals surface area contributed by atoms with Crippen LogP contribution in [0.2, 0.25) is 5.02 Å². The third kappa shape index (κ3) is 5.20. The monoisotopic (exact) mass is 418 g/mol. The van der Waals surface area contributed by atoms with E-state index in [4.69, 9.17) is 16.3 Å². The summed E-state index contributed by atoms with van der Waals surface area (Å²) in [5, 5.41) is 4.18. The molecule has 2 atom stereocenters. The molecule has 3 rings (SSSR count). The zero-order valence-corrected chi connectivity index (χ0v) is 18.3. The zero-order valence-electron chi connectivity index (χ0n) is 17.5. The Morgan fingerprint density at radius 1 is 1.24 bits per heavy atom. The molecule has 1 aliphatic carbocycles. The molecule has 0 saturated heterocycles. The number of ether oxygens (including phenoxy) is 1. The van der Waals surface area contributed by atoms with Gasteiger partial charge < -0.3 is 9.64 Å². The van der Waals surface area contributed by atoms with Gasteiger partial charge in [0, 0.05) is 17.1 Å². The molecule has 0 fully saturated rings. The zero-order chi connectivity index (χ0) is 21.0. The number of rotatable bonds is 8. The maximum atomic E-state index is 13.2. The lowest BCUT2D eigenvalue weighted by Gasteiger charge is -2.32. The van der Waals surface area contributed by atoms with Crippen molar-refractivity contribution in [2.24, 2.45) is 5.92 Å². The molecule has 2 unspecified atom stereocenters. The van der Waals surface area contributed by atoms with Crippen molar-refractivity contribution in [2.75, 3.05) is 13.7 Å². The molecule has 158 valence electrons. The smallest absolute Gasteiger partial charge is 0.322 e. The first-order valence-corrected chi connectivity index (χ1v) is 10.9. The van der Waals surface area contributed by atoms with Crippen LogP contribution in [0.1, 0.15) is 51.5 Å². The highest BCUT2D eigenvalue weighted by atomic mass is 35.5. The molecule has 0 saturated carbocycles. The lowest BCUT2D eigenvalue weighted by atomic mass is 9.92. The van der Waals surface area contributed by atoms with E-state index >= 15 is 0 Å². The molecule has 1 heterocycles. The van der Waals surface area contributed by atoms with Crippen LogP contribution in [0.15, 0.2) is 35.4 Å². The van der Waals surface area contributed by atoms with Crippen molar-refractivity contribution >= 4 is 23.5 Å². The van der Waals surface area contributed by atoms with Crippen LogP contribution in [0.25, 0.3) is 0 Å². The molecule has 1 aromatic carbocycles. The fraction of sp³-hybridized carbons (Fsp3) is 0.565. The van der Waals surface area contributed by atoms with Gasteiger partial charge in [-0.15, -0.1) is 0 Å². The molecular formula is C23H31ClN2O3. The lowest BCUT2D eigenvalue weighted by Crippen LogP contribution is -2.53. The molecule has 1 N–H and O–H groups in total. The summed E-state index contributed by atoms with van der Waals surface area (Å²) in [5.41, 5.74) is 3.24. The Labute approximate surface area is 178 Å². The van der Waals surface area contributed by atoms with E-state index in [-0.39, 0.29) is 18.0 Å². The number of amides is 1. The molecule has 0 bridgehead atoms. The van der Waals surface area contributed by atoms with Gasteiger partial charge in [-0.05, 0) is 67.7 Å². The number of hydrogen-bond donors (Lipinski definition) is 1. The van der Waals surface area contributed by atoms with E-state index in [0.29, 0.717) is 23.9 Å². The van der Waals surface area contributed by atoms with E-state index in [1.807, 2.05) is 29.2 Å². The van der Waals surface area contributed by atoms with Gasteiger partial charge in [0.2, 0.25) is 0 Å². The van der Waals surface area contributed by atoms with Crippen LogP contribution in [0.4, 0.5) is 0 Å². The van der Waals surface area contributed by atoms with Gasteiger partial charge in [0.05, 0.1) is 7.11 Å². The normalized spacial score (nSPS) is 20.2. The summed E-state index contributed by atoms with van der Waals surface area (Å²) in [6, 6.07) is 7.31. The summed E-state index contributed by atoms with van der Waals surface area (Å²) < 4.78 is 5.03. The average molecular weight is 419 g/mol. The van der Waals surface area contributed by atoms with Gasteiger partial charge in [-0.1, -0.05) is 37.6 Å². The highest BCUT2D eigenvalue weighted by Gasteiger charge is 2.41. The van der Waals surface area contributed by atoms with Crippen LogP contribution in [0.3, 0.4) is 0 Å². The minimum Gasteiger partial charge on any atom is -0.468 e. The number of nitrogens with one attached hydrogen (secondary N) is 1. The second-order valence-corrected chi connectivity index (χ2v) is 8.80. The second-order valence-electron chi connectivity index (χ2n) is 8.36. The molecule has 5 nitrogen and oxygen atoms in total. The highest BCUT2D eigenvalue weighted by Crippen LogP contribution is 2.36. The Hall–Kier alpha value is -1.85. The molecule has 1 amide bonds. The SMILES string of the molecule is COC(=O)C(CC(C)C)NC1C2=C(CCCC2)C(=O)N1CCc1ccc(Cl)cc1. The van der Waals surface area contributed by atoms with E-state index in [2.05, 4.69) is 19.2 Å². The molecule has 0 spiro atoms. The standard InChI is InChI=1S/C23H31ClN2O3/c1-15(2)14-20(23(28)29-3)25-21-18-6-4-5-7-19(18)22(27)26(21)13-12-16-8-10-17(24)11-9-16/h8-11,15,20-21,25H,4-7,12-14H2,1-3H3. The van der Waals surface area contributed by atoms with Crippen LogP contribution in [-0.2, 0) is 20.7 Å². The van der Waals surface area contributed by atoms with E-state index in [1.165, 1.54) is 7.11 Å². The maximum absolute atomic E-state index is 13.2. The molecular weight excluding hydrogens is 388 g/mol. The van der Waals surface area contributed by atoms with Gasteiger partial charge in [0.15, 0.2) is 0 Å². The van der Waals surface area contributed by atoms with Crippen molar-refractivity contribution in [1.29, 1.82) is 0 Å². The molecule has 6 heteroatoms. The van der Waals surface area contributed by atoms with Crippen LogP contribution >= 0.6 is 11.6 Å². The number of benzene rings is 1. The summed E-state index contributed by atoms with van der Waals surface area (Å²) >= 11 is 5.99. The maximum Gasteiger partial charge on any atom is 0.322 e. The van der Waals surface area contributed by atoms with Gasteiger partial charge in [0.1, 0.15) is 12.2 Å². The summed E-state index contributed by atoms with van der Waals surface area (Å²) in [4.78, 5) is 27.4. The number of hydrogen-bond acceptors (Lipinski definition) is 4. The summed E-state index contributed by atoms with van der Waals surface area (Å²) in [6.07, 6.45) is 5.06. The first kappa shape index (κ1) is 21.8. The van der Waals surface area contributed by atoms with Crippen molar-refractivity contribution in [3.63, 3.8) is 0 Å². The van der Waals surface area contributed by atoms with Gasteiger partial charge in [-0.25, -0.2) is 0 Å². The van der Waals surface area contributed by atoms with Crippen LogP contribution in [0, 0.1) is 5.92 Å². The lowest BCUT2D eigenvalue weighted by molar-refractivity contribution is -0.144. The number of esters is 1. The van der Waals surface area contributed by atoms with Crippen molar-refractivity contribution in [3.05, 3.63) is 46.0 Å². The Bertz CT molecular complexity index is 773. The third-order valence-corrected chi connectivity index (χ3v) is 6.03. The Balaban J connectivity index is 1.80. The molecule has 1 aromatic rings. The van der Waals surface area contributed by atoms with E-state index in [9.17, 15) is 9.59 Å². The van der Waals surface area contributed by atoms with Crippen molar-refractivity contribution in [1.82, 2.24) is 10.2 Å². The summed E-state index contributed by atoms with van der Waals surface area (Å²) in [7, 11) is 1.42. The van der Waals surface area contributed by atoms with Gasteiger partial charge in [-0.2, -0.15) is 0 Å². The summed E-state index contributed by atoms with van der Waals surface area (Å²) in [5.74, 6) is 0.180. The van der Waals surface area contributed by atoms with Crippen molar-refractivity contribution < 1.29 is 14.3 Å². The minimum atomic E-state index is -0.426. The predicted molar refractivity (Wildman–Crippen MR) is 115 cm³/mol. The Morgan fingerprint density at radius 3 is 2.59 bits per heavy atom. The van der Waals surface area contributed by atoms with Gasteiger partial charge >= 0.3 is 5.97 Å². The topological polar surface area (TPSA) is 58.6 Å². The summed E-state index contributed by atoms with van der Waals surface area (Å²) in [6.45, 7) is 4.77. The van der Waals surface area contributed by atoms with E-state index in [1.54, 1.807) is 0 Å². The fourth-order valence-corrected chi connectivity index (χ4v) is 4.44. The molecule has 1 aliphatic heterocycles. The van der Waals surface area contributed by atoms with Gasteiger partial charge in [0.25, 0.3) is 5.91 Å².